The number of nitrogens with zero attached hydrogens (tertiary/aromatic N) is 1. The van der Waals surface area contributed by atoms with Gasteiger partial charge in [0, 0.05) is 18.7 Å². The monoisotopic (exact) mass is 263 g/mol. The van der Waals surface area contributed by atoms with Crippen LogP contribution in [0, 0.1) is 0 Å². The maximum atomic E-state index is 12.2. The molecule has 2 atom stereocenters. The van der Waals surface area contributed by atoms with Crippen LogP contribution in [0.2, 0.25) is 0 Å². The molecule has 0 saturated carbocycles. The number of aliphatic hydroxyl groups is 2. The minimum atomic E-state index is -0.835. The zero-order valence-corrected chi connectivity index (χ0v) is 11.6. The second-order valence-corrected chi connectivity index (χ2v) is 6.17. The summed E-state index contributed by atoms with van der Waals surface area (Å²) in [4.78, 5) is 13.7. The molecule has 0 aliphatic carbocycles. The number of carbonyl (C=O) groups excluding carboxylic acids is 1. The molecule has 4 heteroatoms. The molecule has 19 heavy (non-hydrogen) atoms. The minimum Gasteiger partial charge on any atom is -0.388 e. The zero-order chi connectivity index (χ0) is 14.2. The van der Waals surface area contributed by atoms with Crippen LogP contribution >= 0.6 is 0 Å². The van der Waals surface area contributed by atoms with E-state index < -0.39 is 12.2 Å². The molecule has 2 N–H and O–H groups in total. The van der Waals surface area contributed by atoms with Gasteiger partial charge in [-0.25, -0.2) is 0 Å². The van der Waals surface area contributed by atoms with E-state index in [2.05, 4.69) is 20.8 Å². The molecule has 1 aliphatic heterocycles. The third kappa shape index (κ3) is 2.96. The van der Waals surface area contributed by atoms with Crippen LogP contribution in [0.5, 0.6) is 0 Å². The van der Waals surface area contributed by atoms with Gasteiger partial charge in [-0.2, -0.15) is 0 Å². The Labute approximate surface area is 113 Å². The van der Waals surface area contributed by atoms with Gasteiger partial charge in [-0.05, 0) is 23.1 Å². The molecule has 0 aromatic heterocycles. The van der Waals surface area contributed by atoms with Gasteiger partial charge < -0.3 is 15.1 Å². The van der Waals surface area contributed by atoms with E-state index in [0.29, 0.717) is 5.56 Å². The Bertz CT molecular complexity index is 451. The number of β-amino-alcohol motifs (C(OH)–C–C–N with tert-alkyl or cyclic N) is 2. The van der Waals surface area contributed by atoms with Gasteiger partial charge in [-0.15, -0.1) is 0 Å². The summed E-state index contributed by atoms with van der Waals surface area (Å²) in [6.07, 6.45) is -1.67. The number of amides is 1. The largest absolute Gasteiger partial charge is 0.388 e. The van der Waals surface area contributed by atoms with Crippen molar-refractivity contribution in [1.82, 2.24) is 4.90 Å². The van der Waals surface area contributed by atoms with Crippen LogP contribution < -0.4 is 0 Å². The molecule has 4 nitrogen and oxygen atoms in total. The summed E-state index contributed by atoms with van der Waals surface area (Å²) in [5.41, 5.74) is 1.82. The Morgan fingerprint density at radius 3 is 2.00 bits per heavy atom. The lowest BCUT2D eigenvalue weighted by atomic mass is 9.86. The smallest absolute Gasteiger partial charge is 0.254 e. The Morgan fingerprint density at radius 2 is 1.58 bits per heavy atom. The molecule has 2 unspecified atom stereocenters. The molecular weight excluding hydrogens is 242 g/mol. The zero-order valence-electron chi connectivity index (χ0n) is 11.6. The molecule has 1 heterocycles. The van der Waals surface area contributed by atoms with Gasteiger partial charge >= 0.3 is 0 Å². The first-order valence-electron chi connectivity index (χ1n) is 6.55. The second-order valence-electron chi connectivity index (χ2n) is 6.17. The van der Waals surface area contributed by atoms with Gasteiger partial charge in [0.2, 0.25) is 0 Å². The van der Waals surface area contributed by atoms with Crippen molar-refractivity contribution in [2.24, 2.45) is 0 Å². The maximum absolute atomic E-state index is 12.2. The van der Waals surface area contributed by atoms with Crippen LogP contribution in [0.3, 0.4) is 0 Å². The summed E-state index contributed by atoms with van der Waals surface area (Å²) in [6.45, 7) is 6.76. The SMILES string of the molecule is CC(C)(C)c1ccc(C(=O)N2CC(O)C(O)C2)cc1. The fourth-order valence-electron chi connectivity index (χ4n) is 2.23. The topological polar surface area (TPSA) is 60.8 Å². The average molecular weight is 263 g/mol. The first kappa shape index (κ1) is 14.0. The first-order chi connectivity index (χ1) is 8.79. The summed E-state index contributed by atoms with van der Waals surface area (Å²) in [6, 6.07) is 7.52. The number of hydrogen-bond donors (Lipinski definition) is 2. The molecule has 0 spiro atoms. The summed E-state index contributed by atoms with van der Waals surface area (Å²) in [7, 11) is 0. The summed E-state index contributed by atoms with van der Waals surface area (Å²) in [5.74, 6) is -0.143. The van der Waals surface area contributed by atoms with E-state index in [9.17, 15) is 15.0 Å². The number of likely N-dealkylation sites (tertiary alicyclic amines) is 1. The standard InChI is InChI=1S/C15H21NO3/c1-15(2,3)11-6-4-10(5-7-11)14(19)16-8-12(17)13(18)9-16/h4-7,12-13,17-18H,8-9H2,1-3H3. The molecular formula is C15H21NO3. The van der Waals surface area contributed by atoms with E-state index in [4.69, 9.17) is 0 Å². The van der Waals surface area contributed by atoms with E-state index in [0.717, 1.165) is 0 Å². The highest BCUT2D eigenvalue weighted by molar-refractivity contribution is 5.94. The average Bonchev–Trinajstić information content (AvgIpc) is 2.68. The van der Waals surface area contributed by atoms with Gasteiger partial charge in [0.15, 0.2) is 0 Å². The van der Waals surface area contributed by atoms with Crippen molar-refractivity contribution in [3.63, 3.8) is 0 Å². The van der Waals surface area contributed by atoms with Gasteiger partial charge in [0.1, 0.15) is 0 Å². The molecule has 0 radical (unpaired) electrons. The van der Waals surface area contributed by atoms with Crippen molar-refractivity contribution in [1.29, 1.82) is 0 Å². The molecule has 104 valence electrons. The van der Waals surface area contributed by atoms with Crippen LogP contribution in [0.15, 0.2) is 24.3 Å². The van der Waals surface area contributed by atoms with E-state index >= 15 is 0 Å². The third-order valence-corrected chi connectivity index (χ3v) is 3.54. The Balaban J connectivity index is 2.13. The summed E-state index contributed by atoms with van der Waals surface area (Å²) < 4.78 is 0. The number of rotatable bonds is 1. The fraction of sp³-hybridized carbons (Fsp3) is 0.533. The molecule has 1 saturated heterocycles. The summed E-state index contributed by atoms with van der Waals surface area (Å²) >= 11 is 0. The number of hydrogen-bond acceptors (Lipinski definition) is 3. The predicted molar refractivity (Wildman–Crippen MR) is 73.1 cm³/mol. The Kier molecular flexibility index (Phi) is 3.65. The lowest BCUT2D eigenvalue weighted by Gasteiger charge is -2.20. The molecule has 1 aromatic carbocycles. The van der Waals surface area contributed by atoms with Crippen molar-refractivity contribution >= 4 is 5.91 Å². The molecule has 1 aromatic rings. The van der Waals surface area contributed by atoms with Gasteiger partial charge in [-0.1, -0.05) is 32.9 Å². The van der Waals surface area contributed by atoms with Gasteiger partial charge in [-0.3, -0.25) is 4.79 Å². The molecule has 1 aliphatic rings. The van der Waals surface area contributed by atoms with Crippen molar-refractivity contribution in [3.8, 4) is 0 Å². The van der Waals surface area contributed by atoms with E-state index in [1.54, 1.807) is 12.1 Å². The van der Waals surface area contributed by atoms with Crippen LogP contribution in [0.25, 0.3) is 0 Å². The van der Waals surface area contributed by atoms with E-state index in [1.165, 1.54) is 10.5 Å². The number of carbonyl (C=O) groups is 1. The van der Waals surface area contributed by atoms with Gasteiger partial charge in [0.25, 0.3) is 5.91 Å². The normalized spacial score (nSPS) is 23.7. The highest BCUT2D eigenvalue weighted by Gasteiger charge is 2.32. The van der Waals surface area contributed by atoms with E-state index in [-0.39, 0.29) is 24.4 Å². The van der Waals surface area contributed by atoms with Crippen LogP contribution in [-0.2, 0) is 5.41 Å². The lowest BCUT2D eigenvalue weighted by molar-refractivity contribution is 0.0572. The second kappa shape index (κ2) is 4.94. The Morgan fingerprint density at radius 1 is 1.11 bits per heavy atom. The quantitative estimate of drug-likeness (QED) is 0.799. The highest BCUT2D eigenvalue weighted by atomic mass is 16.3. The lowest BCUT2D eigenvalue weighted by Crippen LogP contribution is -2.29. The summed E-state index contributed by atoms with van der Waals surface area (Å²) in [5, 5.41) is 18.9. The van der Waals surface area contributed by atoms with Crippen LogP contribution in [0.4, 0.5) is 0 Å². The van der Waals surface area contributed by atoms with E-state index in [1.807, 2.05) is 12.1 Å². The predicted octanol–water partition coefficient (Wildman–Crippen LogP) is 1.16. The van der Waals surface area contributed by atoms with Crippen molar-refractivity contribution in [3.05, 3.63) is 35.4 Å². The van der Waals surface area contributed by atoms with Crippen molar-refractivity contribution < 1.29 is 15.0 Å². The van der Waals surface area contributed by atoms with Crippen LogP contribution in [0.1, 0.15) is 36.7 Å². The third-order valence-electron chi connectivity index (χ3n) is 3.54. The van der Waals surface area contributed by atoms with Gasteiger partial charge in [0.05, 0.1) is 12.2 Å². The fourth-order valence-corrected chi connectivity index (χ4v) is 2.23. The molecule has 1 fully saturated rings. The molecule has 2 rings (SSSR count). The Hall–Kier alpha value is -1.39. The number of aliphatic hydroxyl groups excluding tert-OH is 2. The minimum absolute atomic E-state index is 0.0572. The maximum Gasteiger partial charge on any atom is 0.254 e. The van der Waals surface area contributed by atoms with Crippen molar-refractivity contribution in [2.45, 2.75) is 38.4 Å². The molecule has 1 amide bonds. The first-order valence-corrected chi connectivity index (χ1v) is 6.55. The van der Waals surface area contributed by atoms with Crippen LogP contribution in [-0.4, -0.2) is 46.3 Å². The molecule has 0 bridgehead atoms. The highest BCUT2D eigenvalue weighted by Crippen LogP contribution is 2.23. The number of benzene rings is 1. The van der Waals surface area contributed by atoms with Crippen molar-refractivity contribution in [2.75, 3.05) is 13.1 Å².